The summed E-state index contributed by atoms with van der Waals surface area (Å²) in [5, 5.41) is 18.5. The predicted molar refractivity (Wildman–Crippen MR) is 69.1 cm³/mol. The molecule has 1 aliphatic rings. The quantitative estimate of drug-likeness (QED) is 0.768. The summed E-state index contributed by atoms with van der Waals surface area (Å²) >= 11 is 0. The number of rotatable bonds is 1. The largest absolute Gasteiger partial charge is 0.508 e. The smallest absolute Gasteiger partial charge is 0.231 e. The molecular formula is C15H10O4. The van der Waals surface area contributed by atoms with E-state index in [9.17, 15) is 15.0 Å². The number of benzene rings is 2. The number of Topliss-reactive ketones (excluding diaryl/α,β-unsaturated/α-hetero) is 1. The maximum atomic E-state index is 12.1. The van der Waals surface area contributed by atoms with Crippen molar-refractivity contribution in [2.75, 3.05) is 0 Å². The summed E-state index contributed by atoms with van der Waals surface area (Å²) in [5.74, 6) is 0.552. The van der Waals surface area contributed by atoms with E-state index >= 15 is 0 Å². The van der Waals surface area contributed by atoms with Crippen LogP contribution in [0.1, 0.15) is 15.9 Å². The molecule has 0 spiro atoms. The molecule has 0 unspecified atom stereocenters. The Kier molecular flexibility index (Phi) is 2.49. The minimum atomic E-state index is -0.219. The Balaban J connectivity index is 1.97. The van der Waals surface area contributed by atoms with Crippen LogP contribution < -0.4 is 4.74 Å². The summed E-state index contributed by atoms with van der Waals surface area (Å²) in [7, 11) is 0. The molecule has 19 heavy (non-hydrogen) atoms. The number of hydrogen-bond acceptors (Lipinski definition) is 4. The van der Waals surface area contributed by atoms with Gasteiger partial charge >= 0.3 is 0 Å². The van der Waals surface area contributed by atoms with Gasteiger partial charge < -0.3 is 14.9 Å². The fourth-order valence-corrected chi connectivity index (χ4v) is 1.90. The topological polar surface area (TPSA) is 66.8 Å². The molecule has 0 atom stereocenters. The third-order valence-corrected chi connectivity index (χ3v) is 2.84. The van der Waals surface area contributed by atoms with Crippen molar-refractivity contribution < 1.29 is 19.7 Å². The molecule has 0 saturated heterocycles. The molecule has 2 aromatic carbocycles. The molecule has 4 nitrogen and oxygen atoms in total. The fourth-order valence-electron chi connectivity index (χ4n) is 1.90. The van der Waals surface area contributed by atoms with Gasteiger partial charge in [-0.15, -0.1) is 0 Å². The van der Waals surface area contributed by atoms with E-state index in [0.29, 0.717) is 11.3 Å². The molecule has 0 fully saturated rings. The first-order valence-corrected chi connectivity index (χ1v) is 5.70. The van der Waals surface area contributed by atoms with Crippen LogP contribution in [-0.4, -0.2) is 16.0 Å². The first-order chi connectivity index (χ1) is 9.13. The summed E-state index contributed by atoms with van der Waals surface area (Å²) < 4.78 is 5.42. The highest BCUT2D eigenvalue weighted by atomic mass is 16.5. The number of carbonyl (C=O) groups excluding carboxylic acids is 1. The van der Waals surface area contributed by atoms with E-state index < -0.39 is 0 Å². The zero-order valence-electron chi connectivity index (χ0n) is 9.83. The lowest BCUT2D eigenvalue weighted by Crippen LogP contribution is -1.97. The monoisotopic (exact) mass is 254 g/mol. The molecule has 0 amide bonds. The molecule has 0 aliphatic carbocycles. The number of phenolic OH excluding ortho intramolecular Hbond substituents is 2. The van der Waals surface area contributed by atoms with Crippen LogP contribution in [0.15, 0.2) is 48.2 Å². The third kappa shape index (κ3) is 2.04. The molecule has 3 rings (SSSR count). The Morgan fingerprint density at radius 2 is 1.63 bits per heavy atom. The van der Waals surface area contributed by atoms with Gasteiger partial charge in [0.05, 0.1) is 5.56 Å². The van der Waals surface area contributed by atoms with E-state index in [1.807, 2.05) is 0 Å². The zero-order chi connectivity index (χ0) is 13.4. The minimum absolute atomic E-state index is 0.0532. The number of carbonyl (C=O) groups is 1. The van der Waals surface area contributed by atoms with Crippen LogP contribution in [0, 0.1) is 0 Å². The van der Waals surface area contributed by atoms with Crippen LogP contribution in [-0.2, 0) is 0 Å². The summed E-state index contributed by atoms with van der Waals surface area (Å²) in [6.07, 6.45) is 1.60. The van der Waals surface area contributed by atoms with Crippen LogP contribution in [0.2, 0.25) is 0 Å². The number of phenols is 2. The Morgan fingerprint density at radius 3 is 2.37 bits per heavy atom. The first-order valence-electron chi connectivity index (χ1n) is 5.70. The highest BCUT2D eigenvalue weighted by molar-refractivity contribution is 6.14. The lowest BCUT2D eigenvalue weighted by molar-refractivity contribution is 0.101. The number of hydrogen-bond donors (Lipinski definition) is 2. The van der Waals surface area contributed by atoms with Gasteiger partial charge in [0.1, 0.15) is 17.2 Å². The summed E-state index contributed by atoms with van der Waals surface area (Å²) in [6.45, 7) is 0. The second-order valence-electron chi connectivity index (χ2n) is 4.21. The Bertz CT molecular complexity index is 684. The van der Waals surface area contributed by atoms with Crippen LogP contribution in [0.5, 0.6) is 17.2 Å². The van der Waals surface area contributed by atoms with Gasteiger partial charge in [0.25, 0.3) is 0 Å². The second kappa shape index (κ2) is 4.17. The van der Waals surface area contributed by atoms with Crippen LogP contribution in [0.3, 0.4) is 0 Å². The average molecular weight is 254 g/mol. The first kappa shape index (κ1) is 11.3. The molecule has 4 heteroatoms. The number of ether oxygens (including phenoxy) is 1. The van der Waals surface area contributed by atoms with Gasteiger partial charge in [-0.1, -0.05) is 12.1 Å². The lowest BCUT2D eigenvalue weighted by atomic mass is 10.1. The Morgan fingerprint density at radius 1 is 0.947 bits per heavy atom. The van der Waals surface area contributed by atoms with Crippen molar-refractivity contribution in [3.63, 3.8) is 0 Å². The molecule has 2 N–H and O–H groups in total. The number of aromatic hydroxyl groups is 2. The van der Waals surface area contributed by atoms with Crippen molar-refractivity contribution in [1.29, 1.82) is 0 Å². The molecule has 0 bridgehead atoms. The van der Waals surface area contributed by atoms with E-state index in [0.717, 1.165) is 5.56 Å². The lowest BCUT2D eigenvalue weighted by Gasteiger charge is -1.99. The molecule has 2 aromatic rings. The van der Waals surface area contributed by atoms with Gasteiger partial charge in [-0.2, -0.15) is 0 Å². The number of ketones is 1. The number of allylic oxidation sites excluding steroid dienone is 1. The van der Waals surface area contributed by atoms with Crippen LogP contribution >= 0.6 is 0 Å². The molecule has 0 aromatic heterocycles. The average Bonchev–Trinajstić information content (AvgIpc) is 2.68. The van der Waals surface area contributed by atoms with Gasteiger partial charge in [0.15, 0.2) is 5.76 Å². The summed E-state index contributed by atoms with van der Waals surface area (Å²) in [5.41, 5.74) is 1.18. The van der Waals surface area contributed by atoms with Crippen molar-refractivity contribution in [3.8, 4) is 17.2 Å². The molecule has 1 heterocycles. The van der Waals surface area contributed by atoms with Crippen molar-refractivity contribution in [2.45, 2.75) is 0 Å². The molecule has 0 radical (unpaired) electrons. The maximum Gasteiger partial charge on any atom is 0.231 e. The van der Waals surface area contributed by atoms with Crippen molar-refractivity contribution in [3.05, 3.63) is 59.4 Å². The van der Waals surface area contributed by atoms with Crippen LogP contribution in [0.25, 0.3) is 6.08 Å². The molecule has 1 aliphatic heterocycles. The standard InChI is InChI=1S/C15H10O4/c16-10-3-1-9(2-4-10)7-14-15(18)12-6-5-11(17)8-13(12)19-14/h1-8,16-17H/b14-7+. The van der Waals surface area contributed by atoms with E-state index in [1.165, 1.54) is 30.3 Å². The van der Waals surface area contributed by atoms with E-state index in [-0.39, 0.29) is 23.0 Å². The fraction of sp³-hybridized carbons (Fsp3) is 0. The highest BCUT2D eigenvalue weighted by Gasteiger charge is 2.27. The molecule has 0 saturated carbocycles. The normalized spacial score (nSPS) is 15.4. The Labute approximate surface area is 109 Å². The van der Waals surface area contributed by atoms with E-state index in [2.05, 4.69) is 0 Å². The molecular weight excluding hydrogens is 244 g/mol. The Hall–Kier alpha value is -2.75. The van der Waals surface area contributed by atoms with Crippen LogP contribution in [0.4, 0.5) is 0 Å². The van der Waals surface area contributed by atoms with Gasteiger partial charge in [0, 0.05) is 6.07 Å². The second-order valence-corrected chi connectivity index (χ2v) is 4.21. The van der Waals surface area contributed by atoms with E-state index in [4.69, 9.17) is 4.74 Å². The van der Waals surface area contributed by atoms with Gasteiger partial charge in [-0.05, 0) is 35.9 Å². The van der Waals surface area contributed by atoms with E-state index in [1.54, 1.807) is 18.2 Å². The van der Waals surface area contributed by atoms with Crippen molar-refractivity contribution >= 4 is 11.9 Å². The minimum Gasteiger partial charge on any atom is -0.508 e. The molecule has 94 valence electrons. The van der Waals surface area contributed by atoms with Gasteiger partial charge in [0.2, 0.25) is 5.78 Å². The summed E-state index contributed by atoms with van der Waals surface area (Å²) in [4.78, 5) is 12.1. The highest BCUT2D eigenvalue weighted by Crippen LogP contribution is 2.34. The van der Waals surface area contributed by atoms with Gasteiger partial charge in [-0.25, -0.2) is 0 Å². The third-order valence-electron chi connectivity index (χ3n) is 2.84. The maximum absolute atomic E-state index is 12.1. The summed E-state index contributed by atoms with van der Waals surface area (Å²) in [6, 6.07) is 10.8. The van der Waals surface area contributed by atoms with Crippen molar-refractivity contribution in [2.24, 2.45) is 0 Å². The number of fused-ring (bicyclic) bond motifs is 1. The predicted octanol–water partition coefficient (Wildman–Crippen LogP) is 2.71. The SMILES string of the molecule is O=C1/C(=C\c2ccc(O)cc2)Oc2cc(O)ccc21. The van der Waals surface area contributed by atoms with Crippen molar-refractivity contribution in [1.82, 2.24) is 0 Å². The zero-order valence-corrected chi connectivity index (χ0v) is 9.83. The van der Waals surface area contributed by atoms with Gasteiger partial charge in [-0.3, -0.25) is 4.79 Å².